The van der Waals surface area contributed by atoms with E-state index in [1.165, 1.54) is 26.9 Å². The highest BCUT2D eigenvalue weighted by Gasteiger charge is 2.29. The van der Waals surface area contributed by atoms with Crippen molar-refractivity contribution in [1.82, 2.24) is 9.62 Å². The number of carbonyl (C=O) groups excluding carboxylic acids is 1. The quantitative estimate of drug-likeness (QED) is 0.790. The summed E-state index contributed by atoms with van der Waals surface area (Å²) in [7, 11) is -3.22. The molecule has 0 spiro atoms. The van der Waals surface area contributed by atoms with Crippen molar-refractivity contribution in [3.8, 4) is 0 Å². The van der Waals surface area contributed by atoms with Crippen molar-refractivity contribution in [3.05, 3.63) is 48.0 Å². The van der Waals surface area contributed by atoms with Crippen molar-refractivity contribution in [2.24, 2.45) is 5.92 Å². The third kappa shape index (κ3) is 4.62. The van der Waals surface area contributed by atoms with Crippen LogP contribution < -0.4 is 5.32 Å². The molecular weight excluding hydrogens is 348 g/mol. The maximum absolute atomic E-state index is 12.4. The maximum atomic E-state index is 12.4. The van der Waals surface area contributed by atoms with Crippen LogP contribution in [0.4, 0.5) is 0 Å². The van der Waals surface area contributed by atoms with Gasteiger partial charge in [0.2, 0.25) is 15.9 Å². The van der Waals surface area contributed by atoms with Crippen LogP contribution in [0.1, 0.15) is 24.8 Å². The summed E-state index contributed by atoms with van der Waals surface area (Å²) in [5.41, 5.74) is 1.29. The number of aryl methyl sites for hydroxylation is 1. The molecule has 1 aliphatic rings. The number of amides is 1. The molecular formula is C20H26N2O3S. The lowest BCUT2D eigenvalue weighted by molar-refractivity contribution is -0.126. The number of sulfonamides is 1. The second kappa shape index (κ2) is 8.18. The Bertz CT molecular complexity index is 874. The van der Waals surface area contributed by atoms with Crippen LogP contribution in [0.2, 0.25) is 0 Å². The Morgan fingerprint density at radius 1 is 1.19 bits per heavy atom. The Morgan fingerprint density at radius 3 is 2.77 bits per heavy atom. The van der Waals surface area contributed by atoms with Gasteiger partial charge in [-0.3, -0.25) is 4.79 Å². The number of nitrogens with zero attached hydrogens (tertiary/aromatic N) is 1. The summed E-state index contributed by atoms with van der Waals surface area (Å²) >= 11 is 0. The van der Waals surface area contributed by atoms with E-state index in [2.05, 4.69) is 35.6 Å². The lowest BCUT2D eigenvalue weighted by Gasteiger charge is -2.30. The summed E-state index contributed by atoms with van der Waals surface area (Å²) in [4.78, 5) is 12.4. The zero-order valence-electron chi connectivity index (χ0n) is 15.1. The molecule has 0 bridgehead atoms. The van der Waals surface area contributed by atoms with Crippen molar-refractivity contribution in [3.63, 3.8) is 0 Å². The first-order valence-corrected chi connectivity index (χ1v) is 11.0. The average molecular weight is 375 g/mol. The van der Waals surface area contributed by atoms with Gasteiger partial charge in [-0.25, -0.2) is 12.7 Å². The third-order valence-electron chi connectivity index (χ3n) is 5.03. The first-order chi connectivity index (χ1) is 12.4. The number of piperidine rings is 1. The number of nitrogens with one attached hydrogen (secondary N) is 1. The highest BCUT2D eigenvalue weighted by atomic mass is 32.2. The summed E-state index contributed by atoms with van der Waals surface area (Å²) in [6, 6.07) is 14.6. The third-order valence-corrected chi connectivity index (χ3v) is 6.30. The van der Waals surface area contributed by atoms with Gasteiger partial charge in [0.15, 0.2) is 0 Å². The summed E-state index contributed by atoms with van der Waals surface area (Å²) in [5, 5.41) is 5.48. The fourth-order valence-electron chi connectivity index (χ4n) is 3.60. The first kappa shape index (κ1) is 18.9. The van der Waals surface area contributed by atoms with Crippen LogP contribution in [0.25, 0.3) is 10.8 Å². The van der Waals surface area contributed by atoms with Crippen LogP contribution in [0.5, 0.6) is 0 Å². The van der Waals surface area contributed by atoms with Gasteiger partial charge in [-0.2, -0.15) is 0 Å². The minimum atomic E-state index is -3.22. The molecule has 0 aliphatic carbocycles. The van der Waals surface area contributed by atoms with E-state index < -0.39 is 10.0 Å². The number of fused-ring (bicyclic) bond motifs is 1. The zero-order valence-corrected chi connectivity index (χ0v) is 16.0. The fraction of sp³-hybridized carbons (Fsp3) is 0.450. The van der Waals surface area contributed by atoms with E-state index in [9.17, 15) is 13.2 Å². The first-order valence-electron chi connectivity index (χ1n) is 9.14. The van der Waals surface area contributed by atoms with E-state index in [-0.39, 0.29) is 11.8 Å². The Hall–Kier alpha value is -1.92. The molecule has 140 valence electrons. The molecule has 0 radical (unpaired) electrons. The number of hydrogen-bond acceptors (Lipinski definition) is 3. The SMILES string of the molecule is CS(=O)(=O)N1CCC[C@H](C(=O)NCCCc2cccc3ccccc23)C1. The van der Waals surface area contributed by atoms with Gasteiger partial charge in [0.05, 0.1) is 12.2 Å². The highest BCUT2D eigenvalue weighted by molar-refractivity contribution is 7.88. The average Bonchev–Trinajstić information content (AvgIpc) is 2.64. The number of rotatable bonds is 6. The predicted molar refractivity (Wildman–Crippen MR) is 104 cm³/mol. The second-order valence-electron chi connectivity index (χ2n) is 6.99. The molecule has 1 saturated heterocycles. The Morgan fingerprint density at radius 2 is 1.96 bits per heavy atom. The lowest BCUT2D eigenvalue weighted by atomic mass is 9.98. The second-order valence-corrected chi connectivity index (χ2v) is 8.98. The van der Waals surface area contributed by atoms with Gasteiger partial charge in [0, 0.05) is 19.6 Å². The molecule has 2 aromatic rings. The molecule has 1 N–H and O–H groups in total. The molecule has 1 fully saturated rings. The monoisotopic (exact) mass is 374 g/mol. The minimum absolute atomic E-state index is 0.0312. The molecule has 2 aromatic carbocycles. The van der Waals surface area contributed by atoms with Gasteiger partial charge in [-0.05, 0) is 42.0 Å². The van der Waals surface area contributed by atoms with E-state index in [4.69, 9.17) is 0 Å². The Balaban J connectivity index is 1.49. The smallest absolute Gasteiger partial charge is 0.224 e. The summed E-state index contributed by atoms with van der Waals surface area (Å²) in [6.45, 7) is 1.43. The van der Waals surface area contributed by atoms with Crippen LogP contribution in [-0.2, 0) is 21.2 Å². The molecule has 5 nitrogen and oxygen atoms in total. The van der Waals surface area contributed by atoms with Crippen molar-refractivity contribution >= 4 is 26.7 Å². The zero-order chi connectivity index (χ0) is 18.6. The van der Waals surface area contributed by atoms with Crippen LogP contribution in [0, 0.1) is 5.92 Å². The summed E-state index contributed by atoms with van der Waals surface area (Å²) in [6.07, 6.45) is 4.46. The van der Waals surface area contributed by atoms with Gasteiger partial charge in [-0.15, -0.1) is 0 Å². The van der Waals surface area contributed by atoms with Crippen LogP contribution in [0.3, 0.4) is 0 Å². The van der Waals surface area contributed by atoms with Crippen LogP contribution >= 0.6 is 0 Å². The minimum Gasteiger partial charge on any atom is -0.356 e. The number of benzene rings is 2. The molecule has 1 heterocycles. The van der Waals surface area contributed by atoms with E-state index in [0.717, 1.165) is 25.7 Å². The van der Waals surface area contributed by atoms with Crippen molar-refractivity contribution in [1.29, 1.82) is 0 Å². The van der Waals surface area contributed by atoms with Crippen molar-refractivity contribution < 1.29 is 13.2 Å². The Labute approximate surface area is 155 Å². The fourth-order valence-corrected chi connectivity index (χ4v) is 4.51. The van der Waals surface area contributed by atoms with E-state index in [0.29, 0.717) is 19.6 Å². The maximum Gasteiger partial charge on any atom is 0.224 e. The summed E-state index contributed by atoms with van der Waals surface area (Å²) in [5.74, 6) is -0.271. The highest BCUT2D eigenvalue weighted by Crippen LogP contribution is 2.20. The van der Waals surface area contributed by atoms with Gasteiger partial charge in [0.25, 0.3) is 0 Å². The van der Waals surface area contributed by atoms with Gasteiger partial charge < -0.3 is 5.32 Å². The standard InChI is InChI=1S/C20H26N2O3S/c1-26(24,25)22-14-6-11-18(15-22)20(23)21-13-5-10-17-9-4-8-16-7-2-3-12-19(16)17/h2-4,7-9,12,18H,5-6,10-11,13-15H2,1H3,(H,21,23)/t18-/m0/s1. The molecule has 0 aromatic heterocycles. The number of hydrogen-bond donors (Lipinski definition) is 1. The normalized spacial score (nSPS) is 18.7. The van der Waals surface area contributed by atoms with Gasteiger partial charge in [-0.1, -0.05) is 42.5 Å². The largest absolute Gasteiger partial charge is 0.356 e. The van der Waals surface area contributed by atoms with E-state index in [1.807, 2.05) is 12.1 Å². The van der Waals surface area contributed by atoms with Gasteiger partial charge in [0.1, 0.15) is 0 Å². The molecule has 1 atom stereocenters. The van der Waals surface area contributed by atoms with E-state index in [1.54, 1.807) is 0 Å². The number of carbonyl (C=O) groups is 1. The van der Waals surface area contributed by atoms with Crippen molar-refractivity contribution in [2.75, 3.05) is 25.9 Å². The molecule has 26 heavy (non-hydrogen) atoms. The molecule has 1 aliphatic heterocycles. The van der Waals surface area contributed by atoms with Crippen LogP contribution in [-0.4, -0.2) is 44.5 Å². The summed E-state index contributed by atoms with van der Waals surface area (Å²) < 4.78 is 24.8. The lowest BCUT2D eigenvalue weighted by Crippen LogP contribution is -2.45. The van der Waals surface area contributed by atoms with Gasteiger partial charge >= 0.3 is 0 Å². The Kier molecular flexibility index (Phi) is 5.94. The molecule has 3 rings (SSSR count). The molecule has 0 unspecified atom stereocenters. The molecule has 1 amide bonds. The molecule has 6 heteroatoms. The predicted octanol–water partition coefficient (Wildman–Crippen LogP) is 2.56. The van der Waals surface area contributed by atoms with Crippen LogP contribution in [0.15, 0.2) is 42.5 Å². The van der Waals surface area contributed by atoms with Crippen molar-refractivity contribution in [2.45, 2.75) is 25.7 Å². The van der Waals surface area contributed by atoms with E-state index >= 15 is 0 Å². The topological polar surface area (TPSA) is 66.5 Å². The molecule has 0 saturated carbocycles.